The zero-order valence-corrected chi connectivity index (χ0v) is 9.38. The van der Waals surface area contributed by atoms with Gasteiger partial charge in [0.15, 0.2) is 5.78 Å². The smallest absolute Gasteiger partial charge is 0.163 e. The fourth-order valence-electron chi connectivity index (χ4n) is 1.93. The van der Waals surface area contributed by atoms with Gasteiger partial charge < -0.3 is 4.74 Å². The Morgan fingerprint density at radius 2 is 2.25 bits per heavy atom. The van der Waals surface area contributed by atoms with Crippen LogP contribution in [0.15, 0.2) is 18.2 Å². The van der Waals surface area contributed by atoms with Gasteiger partial charge in [0.2, 0.25) is 0 Å². The molecule has 1 aromatic rings. The van der Waals surface area contributed by atoms with Crippen LogP contribution in [0.5, 0.6) is 5.75 Å². The average molecular weight is 214 g/mol. The van der Waals surface area contributed by atoms with Crippen molar-refractivity contribution < 1.29 is 9.53 Å². The number of fused-ring (bicyclic) bond motifs is 1. The molecule has 1 aromatic carbocycles. The number of carbonyl (C=O) groups excluding carboxylic acids is 1. The van der Waals surface area contributed by atoms with Gasteiger partial charge in [0.05, 0.1) is 6.61 Å². The van der Waals surface area contributed by atoms with Crippen LogP contribution in [0.3, 0.4) is 0 Å². The van der Waals surface area contributed by atoms with Crippen molar-refractivity contribution in [2.45, 2.75) is 26.2 Å². The topological polar surface area (TPSA) is 26.3 Å². The lowest BCUT2D eigenvalue weighted by Crippen LogP contribution is -1.99. The number of benzene rings is 1. The first-order valence-electron chi connectivity index (χ1n) is 5.50. The standard InChI is InChI=1S/C14H14O2/c1-2-3-4-10-16-14-7-5-6-11-12(14)8-9-13(11)15/h5-7H,4,8-10H2,1H3. The van der Waals surface area contributed by atoms with Gasteiger partial charge >= 0.3 is 0 Å². The summed E-state index contributed by atoms with van der Waals surface area (Å²) < 4.78 is 5.64. The Morgan fingerprint density at radius 3 is 3.06 bits per heavy atom. The fraction of sp³-hybridized carbons (Fsp3) is 0.357. The zero-order valence-electron chi connectivity index (χ0n) is 9.38. The van der Waals surface area contributed by atoms with E-state index < -0.39 is 0 Å². The largest absolute Gasteiger partial charge is 0.492 e. The van der Waals surface area contributed by atoms with E-state index in [1.54, 1.807) is 0 Å². The van der Waals surface area contributed by atoms with E-state index in [1.807, 2.05) is 25.1 Å². The Morgan fingerprint density at radius 1 is 1.38 bits per heavy atom. The molecule has 2 heteroatoms. The van der Waals surface area contributed by atoms with Crippen molar-refractivity contribution >= 4 is 5.78 Å². The highest BCUT2D eigenvalue weighted by atomic mass is 16.5. The lowest BCUT2D eigenvalue weighted by atomic mass is 10.1. The monoisotopic (exact) mass is 214 g/mol. The van der Waals surface area contributed by atoms with Crippen molar-refractivity contribution in [1.29, 1.82) is 0 Å². The summed E-state index contributed by atoms with van der Waals surface area (Å²) in [6.45, 7) is 2.41. The van der Waals surface area contributed by atoms with Crippen molar-refractivity contribution in [2.75, 3.05) is 6.61 Å². The van der Waals surface area contributed by atoms with Crippen LogP contribution in [-0.4, -0.2) is 12.4 Å². The van der Waals surface area contributed by atoms with E-state index in [-0.39, 0.29) is 5.78 Å². The molecule has 0 N–H and O–H groups in total. The van der Waals surface area contributed by atoms with Crippen LogP contribution in [0.1, 0.15) is 35.7 Å². The second-order valence-corrected chi connectivity index (χ2v) is 3.73. The summed E-state index contributed by atoms with van der Waals surface area (Å²) in [5.41, 5.74) is 1.90. The molecule has 2 nitrogen and oxygen atoms in total. The molecule has 82 valence electrons. The lowest BCUT2D eigenvalue weighted by Gasteiger charge is -2.08. The highest BCUT2D eigenvalue weighted by Gasteiger charge is 2.22. The van der Waals surface area contributed by atoms with Crippen LogP contribution in [-0.2, 0) is 6.42 Å². The molecule has 0 fully saturated rings. The van der Waals surface area contributed by atoms with Crippen molar-refractivity contribution in [3.05, 3.63) is 29.3 Å². The molecule has 2 rings (SSSR count). The van der Waals surface area contributed by atoms with Crippen LogP contribution < -0.4 is 4.74 Å². The van der Waals surface area contributed by atoms with Gasteiger partial charge in [0.1, 0.15) is 5.75 Å². The summed E-state index contributed by atoms with van der Waals surface area (Å²) >= 11 is 0. The molecule has 0 bridgehead atoms. The number of rotatable bonds is 3. The van der Waals surface area contributed by atoms with Crippen LogP contribution in [0, 0.1) is 11.8 Å². The Balaban J connectivity index is 2.10. The third-order valence-electron chi connectivity index (χ3n) is 2.70. The van der Waals surface area contributed by atoms with E-state index in [4.69, 9.17) is 4.74 Å². The van der Waals surface area contributed by atoms with Gasteiger partial charge in [-0.3, -0.25) is 4.79 Å². The van der Waals surface area contributed by atoms with Crippen molar-refractivity contribution in [3.63, 3.8) is 0 Å². The van der Waals surface area contributed by atoms with Gasteiger partial charge in [-0.25, -0.2) is 0 Å². The lowest BCUT2D eigenvalue weighted by molar-refractivity contribution is 0.0994. The quantitative estimate of drug-likeness (QED) is 0.571. The van der Waals surface area contributed by atoms with Crippen LogP contribution in [0.2, 0.25) is 0 Å². The molecule has 1 aliphatic rings. The fourth-order valence-corrected chi connectivity index (χ4v) is 1.93. The Labute approximate surface area is 95.6 Å². The third kappa shape index (κ3) is 2.09. The number of ether oxygens (including phenoxy) is 1. The maximum atomic E-state index is 11.5. The summed E-state index contributed by atoms with van der Waals surface area (Å²) in [7, 11) is 0. The molecule has 0 amide bonds. The molecular weight excluding hydrogens is 200 g/mol. The van der Waals surface area contributed by atoms with Crippen molar-refractivity contribution in [2.24, 2.45) is 0 Å². The molecule has 16 heavy (non-hydrogen) atoms. The predicted octanol–water partition coefficient (Wildman–Crippen LogP) is 2.61. The highest BCUT2D eigenvalue weighted by Crippen LogP contribution is 2.30. The molecule has 0 heterocycles. The van der Waals surface area contributed by atoms with E-state index >= 15 is 0 Å². The molecule has 0 atom stereocenters. The first-order chi connectivity index (χ1) is 7.83. The van der Waals surface area contributed by atoms with Gasteiger partial charge in [-0.15, -0.1) is 11.8 Å². The van der Waals surface area contributed by atoms with Gasteiger partial charge in [0.25, 0.3) is 0 Å². The van der Waals surface area contributed by atoms with Crippen LogP contribution in [0.25, 0.3) is 0 Å². The van der Waals surface area contributed by atoms with Gasteiger partial charge in [-0.2, -0.15) is 0 Å². The summed E-state index contributed by atoms with van der Waals surface area (Å²) in [6, 6.07) is 5.68. The second-order valence-electron chi connectivity index (χ2n) is 3.73. The SMILES string of the molecule is CC#CCCOc1cccc2c1CCC2=O. The van der Waals surface area contributed by atoms with E-state index in [1.165, 1.54) is 0 Å². The molecule has 0 saturated carbocycles. The minimum atomic E-state index is 0.230. The normalized spacial score (nSPS) is 12.9. The third-order valence-corrected chi connectivity index (χ3v) is 2.70. The predicted molar refractivity (Wildman–Crippen MR) is 62.7 cm³/mol. The number of hydrogen-bond acceptors (Lipinski definition) is 2. The molecule has 0 radical (unpaired) electrons. The number of carbonyl (C=O) groups is 1. The Bertz CT molecular complexity index is 463. The molecule has 0 spiro atoms. The van der Waals surface area contributed by atoms with E-state index in [0.29, 0.717) is 13.0 Å². The van der Waals surface area contributed by atoms with Crippen molar-refractivity contribution in [1.82, 2.24) is 0 Å². The Kier molecular flexibility index (Phi) is 3.26. The summed E-state index contributed by atoms with van der Waals surface area (Å²) in [5.74, 6) is 6.86. The van der Waals surface area contributed by atoms with Gasteiger partial charge in [-0.1, -0.05) is 12.1 Å². The summed E-state index contributed by atoms with van der Waals surface area (Å²) in [5, 5.41) is 0. The van der Waals surface area contributed by atoms with Crippen LogP contribution in [0.4, 0.5) is 0 Å². The zero-order chi connectivity index (χ0) is 11.4. The summed E-state index contributed by atoms with van der Waals surface area (Å²) in [4.78, 5) is 11.5. The minimum Gasteiger partial charge on any atom is -0.492 e. The summed E-state index contributed by atoms with van der Waals surface area (Å²) in [6.07, 6.45) is 2.16. The van der Waals surface area contributed by atoms with Gasteiger partial charge in [0, 0.05) is 24.0 Å². The molecular formula is C14H14O2. The number of hydrogen-bond donors (Lipinski definition) is 0. The minimum absolute atomic E-state index is 0.230. The number of ketones is 1. The maximum absolute atomic E-state index is 11.5. The van der Waals surface area contributed by atoms with Gasteiger partial charge in [-0.05, 0) is 19.4 Å². The number of Topliss-reactive ketones (excluding diaryl/α,β-unsaturated/α-hetero) is 1. The second kappa shape index (κ2) is 4.85. The molecule has 0 aromatic heterocycles. The van der Waals surface area contributed by atoms with E-state index in [2.05, 4.69) is 11.8 Å². The molecule has 0 unspecified atom stereocenters. The van der Waals surface area contributed by atoms with Crippen LogP contribution >= 0.6 is 0 Å². The molecule has 0 saturated heterocycles. The molecule has 1 aliphatic carbocycles. The maximum Gasteiger partial charge on any atom is 0.163 e. The average Bonchev–Trinajstić information content (AvgIpc) is 2.68. The first kappa shape index (κ1) is 10.8. The Hall–Kier alpha value is -1.75. The molecule has 0 aliphatic heterocycles. The first-order valence-corrected chi connectivity index (χ1v) is 5.50. The highest BCUT2D eigenvalue weighted by molar-refractivity contribution is 6.01. The van der Waals surface area contributed by atoms with E-state index in [9.17, 15) is 4.79 Å². The van der Waals surface area contributed by atoms with E-state index in [0.717, 1.165) is 29.7 Å². The van der Waals surface area contributed by atoms with Crippen molar-refractivity contribution in [3.8, 4) is 17.6 Å².